The molecule has 0 radical (unpaired) electrons. The molecule has 2 rings (SSSR count). The number of nitrogens with zero attached hydrogens (tertiary/aromatic N) is 2. The Hall–Kier alpha value is -2.99. The molecule has 0 bridgehead atoms. The SMILES string of the molecule is N#Cc1c(-c2ccccc2)cc(C(F)(F)F)c(C#N)c1N. The molecule has 2 aromatic rings. The van der Waals surface area contributed by atoms with Crippen molar-refractivity contribution < 1.29 is 13.2 Å². The van der Waals surface area contributed by atoms with E-state index in [4.69, 9.17) is 16.3 Å². The van der Waals surface area contributed by atoms with Crippen molar-refractivity contribution in [1.82, 2.24) is 0 Å². The van der Waals surface area contributed by atoms with Crippen molar-refractivity contribution >= 4 is 5.69 Å². The Morgan fingerprint density at radius 1 is 0.952 bits per heavy atom. The molecule has 0 heterocycles. The van der Waals surface area contributed by atoms with Gasteiger partial charge in [0.05, 0.1) is 22.4 Å². The van der Waals surface area contributed by atoms with Crippen LogP contribution < -0.4 is 5.73 Å². The van der Waals surface area contributed by atoms with Crippen LogP contribution >= 0.6 is 0 Å². The molecule has 0 saturated heterocycles. The van der Waals surface area contributed by atoms with E-state index in [1.165, 1.54) is 6.07 Å². The van der Waals surface area contributed by atoms with Crippen molar-refractivity contribution in [1.29, 1.82) is 10.5 Å². The van der Waals surface area contributed by atoms with Gasteiger partial charge in [0.2, 0.25) is 0 Å². The van der Waals surface area contributed by atoms with Crippen LogP contribution in [0.25, 0.3) is 11.1 Å². The van der Waals surface area contributed by atoms with Crippen LogP contribution in [0, 0.1) is 22.7 Å². The fourth-order valence-corrected chi connectivity index (χ4v) is 2.01. The Balaban J connectivity index is 2.88. The smallest absolute Gasteiger partial charge is 0.397 e. The topological polar surface area (TPSA) is 73.6 Å². The maximum atomic E-state index is 13.1. The van der Waals surface area contributed by atoms with Crippen LogP contribution in [0.5, 0.6) is 0 Å². The Labute approximate surface area is 118 Å². The average molecular weight is 287 g/mol. The molecular weight excluding hydrogens is 279 g/mol. The molecule has 0 atom stereocenters. The van der Waals surface area contributed by atoms with E-state index in [0.717, 1.165) is 6.07 Å². The maximum absolute atomic E-state index is 13.1. The Morgan fingerprint density at radius 2 is 1.52 bits per heavy atom. The summed E-state index contributed by atoms with van der Waals surface area (Å²) < 4.78 is 39.2. The highest BCUT2D eigenvalue weighted by molar-refractivity contribution is 5.82. The highest BCUT2D eigenvalue weighted by Gasteiger charge is 2.36. The van der Waals surface area contributed by atoms with Crippen molar-refractivity contribution in [3.8, 4) is 23.3 Å². The van der Waals surface area contributed by atoms with Gasteiger partial charge in [-0.15, -0.1) is 0 Å². The van der Waals surface area contributed by atoms with Crippen molar-refractivity contribution in [3.05, 3.63) is 53.1 Å². The van der Waals surface area contributed by atoms with Gasteiger partial charge in [-0.05, 0) is 11.6 Å². The van der Waals surface area contributed by atoms with Gasteiger partial charge in [0, 0.05) is 5.56 Å². The summed E-state index contributed by atoms with van der Waals surface area (Å²) in [4.78, 5) is 0. The zero-order chi connectivity index (χ0) is 15.6. The predicted molar refractivity (Wildman–Crippen MR) is 70.7 cm³/mol. The predicted octanol–water partition coefficient (Wildman–Crippen LogP) is 3.70. The fraction of sp³-hybridized carbons (Fsp3) is 0.0667. The molecule has 0 fully saturated rings. The summed E-state index contributed by atoms with van der Waals surface area (Å²) in [5.41, 5.74) is 3.63. The average Bonchev–Trinajstić information content (AvgIpc) is 2.46. The van der Waals surface area contributed by atoms with E-state index in [2.05, 4.69) is 0 Å². The molecule has 6 heteroatoms. The Morgan fingerprint density at radius 3 is 2.00 bits per heavy atom. The van der Waals surface area contributed by atoms with Crippen LogP contribution in [0.15, 0.2) is 36.4 Å². The van der Waals surface area contributed by atoms with Gasteiger partial charge in [-0.2, -0.15) is 23.7 Å². The second-order valence-electron chi connectivity index (χ2n) is 4.22. The lowest BCUT2D eigenvalue weighted by Gasteiger charge is -2.15. The van der Waals surface area contributed by atoms with Gasteiger partial charge < -0.3 is 5.73 Å². The molecule has 0 amide bonds. The highest BCUT2D eigenvalue weighted by atomic mass is 19.4. The van der Waals surface area contributed by atoms with Crippen LogP contribution in [0.1, 0.15) is 16.7 Å². The summed E-state index contributed by atoms with van der Waals surface area (Å²) in [5, 5.41) is 18.1. The van der Waals surface area contributed by atoms with Crippen LogP contribution in [-0.4, -0.2) is 0 Å². The van der Waals surface area contributed by atoms with Gasteiger partial charge in [-0.1, -0.05) is 30.3 Å². The first-order valence-corrected chi connectivity index (χ1v) is 5.79. The molecule has 2 aromatic carbocycles. The van der Waals surface area contributed by atoms with E-state index in [-0.39, 0.29) is 11.1 Å². The molecule has 0 aromatic heterocycles. The quantitative estimate of drug-likeness (QED) is 0.813. The number of anilines is 1. The first-order valence-electron chi connectivity index (χ1n) is 5.79. The number of nitrogens with two attached hydrogens (primary N) is 1. The summed E-state index contributed by atoms with van der Waals surface area (Å²) >= 11 is 0. The fourth-order valence-electron chi connectivity index (χ4n) is 2.01. The van der Waals surface area contributed by atoms with E-state index in [0.29, 0.717) is 5.56 Å². The van der Waals surface area contributed by atoms with Crippen LogP contribution in [0.4, 0.5) is 18.9 Å². The van der Waals surface area contributed by atoms with Crippen molar-refractivity contribution in [2.75, 3.05) is 5.73 Å². The Kier molecular flexibility index (Phi) is 3.56. The molecule has 0 spiro atoms. The molecule has 0 aliphatic rings. The molecule has 104 valence electrons. The first-order chi connectivity index (χ1) is 9.90. The minimum atomic E-state index is -4.73. The lowest BCUT2D eigenvalue weighted by Crippen LogP contribution is -2.12. The molecule has 0 saturated carbocycles. The van der Waals surface area contributed by atoms with Gasteiger partial charge in [-0.3, -0.25) is 0 Å². The number of rotatable bonds is 1. The zero-order valence-corrected chi connectivity index (χ0v) is 10.6. The van der Waals surface area contributed by atoms with Crippen LogP contribution in [0.3, 0.4) is 0 Å². The van der Waals surface area contributed by atoms with Gasteiger partial charge in [-0.25, -0.2) is 0 Å². The number of benzene rings is 2. The number of nitriles is 2. The third kappa shape index (κ3) is 2.52. The van der Waals surface area contributed by atoms with Gasteiger partial charge in [0.15, 0.2) is 0 Å². The minimum absolute atomic E-state index is 0.0573. The number of hydrogen-bond acceptors (Lipinski definition) is 3. The van der Waals surface area contributed by atoms with Crippen LogP contribution in [-0.2, 0) is 6.18 Å². The second-order valence-corrected chi connectivity index (χ2v) is 4.22. The van der Waals surface area contributed by atoms with E-state index in [1.807, 2.05) is 0 Å². The van der Waals surface area contributed by atoms with Crippen molar-refractivity contribution in [2.45, 2.75) is 6.18 Å². The Bertz CT molecular complexity index is 766. The second kappa shape index (κ2) is 5.18. The minimum Gasteiger partial charge on any atom is -0.397 e. The lowest BCUT2D eigenvalue weighted by molar-refractivity contribution is -0.137. The summed E-state index contributed by atoms with van der Waals surface area (Å²) in [6.07, 6.45) is -4.73. The molecule has 0 unspecified atom stereocenters. The number of halogens is 3. The number of nitrogen functional groups attached to an aromatic ring is 1. The third-order valence-corrected chi connectivity index (χ3v) is 2.98. The van der Waals surface area contributed by atoms with Crippen LogP contribution in [0.2, 0.25) is 0 Å². The number of alkyl halides is 3. The van der Waals surface area contributed by atoms with Gasteiger partial charge in [0.1, 0.15) is 12.1 Å². The normalized spacial score (nSPS) is 10.7. The van der Waals surface area contributed by atoms with E-state index >= 15 is 0 Å². The number of hydrogen-bond donors (Lipinski definition) is 1. The van der Waals surface area contributed by atoms with Crippen molar-refractivity contribution in [2.24, 2.45) is 0 Å². The van der Waals surface area contributed by atoms with Gasteiger partial charge in [0.25, 0.3) is 0 Å². The third-order valence-electron chi connectivity index (χ3n) is 2.98. The standard InChI is InChI=1S/C15H8F3N3/c16-15(17,18)13-6-10(9-4-2-1-3-5-9)11(7-19)14(21)12(13)8-20/h1-6H,21H2. The summed E-state index contributed by atoms with van der Waals surface area (Å²) in [5.74, 6) is 0. The van der Waals surface area contributed by atoms with Crippen molar-refractivity contribution in [3.63, 3.8) is 0 Å². The summed E-state index contributed by atoms with van der Waals surface area (Å²) in [6.45, 7) is 0. The summed E-state index contributed by atoms with van der Waals surface area (Å²) in [7, 11) is 0. The molecule has 3 nitrogen and oxygen atoms in total. The van der Waals surface area contributed by atoms with Gasteiger partial charge >= 0.3 is 6.18 Å². The van der Waals surface area contributed by atoms with E-state index in [1.54, 1.807) is 36.4 Å². The highest BCUT2D eigenvalue weighted by Crippen LogP contribution is 2.39. The zero-order valence-electron chi connectivity index (χ0n) is 10.6. The summed E-state index contributed by atoms with van der Waals surface area (Å²) in [6, 6.07) is 12.1. The lowest BCUT2D eigenvalue weighted by atomic mass is 9.92. The molecule has 0 aliphatic heterocycles. The largest absolute Gasteiger partial charge is 0.417 e. The first kappa shape index (κ1) is 14.4. The monoisotopic (exact) mass is 287 g/mol. The molecular formula is C15H8F3N3. The molecule has 0 aliphatic carbocycles. The molecule has 2 N–H and O–H groups in total. The van der Waals surface area contributed by atoms with E-state index in [9.17, 15) is 13.2 Å². The maximum Gasteiger partial charge on any atom is 0.417 e. The van der Waals surface area contributed by atoms with E-state index < -0.39 is 23.0 Å². The molecule has 21 heavy (non-hydrogen) atoms.